The van der Waals surface area contributed by atoms with E-state index in [0.29, 0.717) is 0 Å². The molecule has 0 aliphatic heterocycles. The smallest absolute Gasteiger partial charge is 0.315 e. The molecule has 2 amide bonds. The van der Waals surface area contributed by atoms with Gasteiger partial charge in [-0.2, -0.15) is 0 Å². The standard InChI is InChI=1S/C13H24N2O3/c1-3-10(4-2)14-12(18)15-13(9-11(16)17)7-5-6-8-13/h10H,3-9H2,1-2H3,(H,16,17)(H2,14,15,18). The van der Waals surface area contributed by atoms with Gasteiger partial charge in [0.05, 0.1) is 12.0 Å². The first-order valence-electron chi connectivity index (χ1n) is 6.82. The number of amides is 2. The van der Waals surface area contributed by atoms with Crippen LogP contribution in [0.15, 0.2) is 0 Å². The van der Waals surface area contributed by atoms with Crippen LogP contribution < -0.4 is 10.6 Å². The molecule has 0 heterocycles. The second-order valence-electron chi connectivity index (χ2n) is 5.17. The van der Waals surface area contributed by atoms with Crippen molar-refractivity contribution in [1.29, 1.82) is 0 Å². The van der Waals surface area contributed by atoms with Crippen LogP contribution in [0.3, 0.4) is 0 Å². The number of urea groups is 1. The summed E-state index contributed by atoms with van der Waals surface area (Å²) in [5.74, 6) is -0.847. The quantitative estimate of drug-likeness (QED) is 0.682. The fourth-order valence-corrected chi connectivity index (χ4v) is 2.64. The van der Waals surface area contributed by atoms with Gasteiger partial charge < -0.3 is 15.7 Å². The first-order chi connectivity index (χ1) is 8.51. The molecule has 0 atom stereocenters. The van der Waals surface area contributed by atoms with Crippen molar-refractivity contribution in [3.63, 3.8) is 0 Å². The molecule has 0 unspecified atom stereocenters. The molecule has 0 aromatic rings. The summed E-state index contributed by atoms with van der Waals surface area (Å²) in [5.41, 5.74) is -0.540. The molecule has 0 aromatic heterocycles. The highest BCUT2D eigenvalue weighted by atomic mass is 16.4. The average molecular weight is 256 g/mol. The van der Waals surface area contributed by atoms with Gasteiger partial charge in [0, 0.05) is 6.04 Å². The van der Waals surface area contributed by atoms with E-state index >= 15 is 0 Å². The van der Waals surface area contributed by atoms with Crippen molar-refractivity contribution in [2.45, 2.75) is 70.4 Å². The lowest BCUT2D eigenvalue weighted by Crippen LogP contribution is -2.53. The molecule has 0 spiro atoms. The molecule has 0 saturated heterocycles. The molecule has 0 aromatic carbocycles. The molecule has 5 heteroatoms. The lowest BCUT2D eigenvalue weighted by Gasteiger charge is -2.29. The van der Waals surface area contributed by atoms with E-state index in [2.05, 4.69) is 10.6 Å². The van der Waals surface area contributed by atoms with Gasteiger partial charge in [-0.05, 0) is 25.7 Å². The van der Waals surface area contributed by atoms with Crippen LogP contribution in [-0.2, 0) is 4.79 Å². The van der Waals surface area contributed by atoms with Gasteiger partial charge in [-0.25, -0.2) is 4.79 Å². The molecule has 1 rings (SSSR count). The van der Waals surface area contributed by atoms with Crippen molar-refractivity contribution in [2.75, 3.05) is 0 Å². The first-order valence-corrected chi connectivity index (χ1v) is 6.82. The SMILES string of the molecule is CCC(CC)NC(=O)NC1(CC(=O)O)CCCC1. The average Bonchev–Trinajstić information content (AvgIpc) is 2.73. The van der Waals surface area contributed by atoms with Gasteiger partial charge in [0.15, 0.2) is 0 Å². The van der Waals surface area contributed by atoms with Crippen LogP contribution in [0.5, 0.6) is 0 Å². The summed E-state index contributed by atoms with van der Waals surface area (Å²) in [7, 11) is 0. The number of carboxylic acids is 1. The molecule has 0 radical (unpaired) electrons. The Morgan fingerprint density at radius 1 is 1.22 bits per heavy atom. The van der Waals surface area contributed by atoms with Crippen molar-refractivity contribution < 1.29 is 14.7 Å². The van der Waals surface area contributed by atoms with Crippen LogP contribution in [0.1, 0.15) is 58.8 Å². The molecule has 1 saturated carbocycles. The van der Waals surface area contributed by atoms with Gasteiger partial charge in [0.1, 0.15) is 0 Å². The summed E-state index contributed by atoms with van der Waals surface area (Å²) in [6, 6.07) is -0.0693. The zero-order valence-corrected chi connectivity index (χ0v) is 11.3. The minimum atomic E-state index is -0.847. The number of carbonyl (C=O) groups is 2. The van der Waals surface area contributed by atoms with Crippen molar-refractivity contribution in [1.82, 2.24) is 10.6 Å². The van der Waals surface area contributed by atoms with Crippen molar-refractivity contribution in [3.05, 3.63) is 0 Å². The number of hydrogen-bond donors (Lipinski definition) is 3. The van der Waals surface area contributed by atoms with Crippen LogP contribution in [-0.4, -0.2) is 28.7 Å². The van der Waals surface area contributed by atoms with Gasteiger partial charge in [-0.15, -0.1) is 0 Å². The Morgan fingerprint density at radius 3 is 2.22 bits per heavy atom. The third-order valence-corrected chi connectivity index (χ3v) is 3.75. The highest BCUT2D eigenvalue weighted by molar-refractivity contribution is 5.77. The van der Waals surface area contributed by atoms with E-state index in [4.69, 9.17) is 5.11 Å². The number of carbonyl (C=O) groups excluding carboxylic acids is 1. The summed E-state index contributed by atoms with van der Waals surface area (Å²) in [6.07, 6.45) is 5.28. The number of aliphatic carboxylic acids is 1. The van der Waals surface area contributed by atoms with Crippen molar-refractivity contribution >= 4 is 12.0 Å². The van der Waals surface area contributed by atoms with E-state index in [9.17, 15) is 9.59 Å². The Balaban J connectivity index is 2.55. The van der Waals surface area contributed by atoms with Crippen LogP contribution in [0.2, 0.25) is 0 Å². The fraction of sp³-hybridized carbons (Fsp3) is 0.846. The Labute approximate surface area is 108 Å². The molecule has 5 nitrogen and oxygen atoms in total. The minimum Gasteiger partial charge on any atom is -0.481 e. The molecular formula is C13H24N2O3. The lowest BCUT2D eigenvalue weighted by molar-refractivity contribution is -0.138. The summed E-state index contributed by atoms with van der Waals surface area (Å²) in [6.45, 7) is 4.05. The molecule has 0 bridgehead atoms. The largest absolute Gasteiger partial charge is 0.481 e. The van der Waals surface area contributed by atoms with E-state index in [1.54, 1.807) is 0 Å². The fourth-order valence-electron chi connectivity index (χ4n) is 2.64. The second-order valence-corrected chi connectivity index (χ2v) is 5.17. The lowest BCUT2D eigenvalue weighted by atomic mass is 9.93. The number of carboxylic acid groups (broad SMARTS) is 1. The zero-order valence-electron chi connectivity index (χ0n) is 11.3. The number of nitrogens with one attached hydrogen (secondary N) is 2. The summed E-state index contributed by atoms with van der Waals surface area (Å²) >= 11 is 0. The van der Waals surface area contributed by atoms with Crippen LogP contribution in [0.4, 0.5) is 4.79 Å². The third kappa shape index (κ3) is 4.20. The van der Waals surface area contributed by atoms with E-state index in [1.807, 2.05) is 13.8 Å². The van der Waals surface area contributed by atoms with E-state index in [0.717, 1.165) is 38.5 Å². The van der Waals surface area contributed by atoms with Gasteiger partial charge >= 0.3 is 12.0 Å². The maximum Gasteiger partial charge on any atom is 0.315 e. The molecular weight excluding hydrogens is 232 g/mol. The molecule has 1 aliphatic rings. The van der Waals surface area contributed by atoms with Crippen LogP contribution in [0, 0.1) is 0 Å². The highest BCUT2D eigenvalue weighted by Crippen LogP contribution is 2.32. The van der Waals surface area contributed by atoms with Gasteiger partial charge in [-0.1, -0.05) is 26.7 Å². The van der Waals surface area contributed by atoms with Crippen LogP contribution in [0.25, 0.3) is 0 Å². The van der Waals surface area contributed by atoms with Gasteiger partial charge in [0.25, 0.3) is 0 Å². The zero-order chi connectivity index (χ0) is 13.6. The predicted octanol–water partition coefficient (Wildman–Crippen LogP) is 2.26. The van der Waals surface area contributed by atoms with Crippen LogP contribution >= 0.6 is 0 Å². The normalized spacial score (nSPS) is 17.7. The number of hydrogen-bond acceptors (Lipinski definition) is 2. The molecule has 18 heavy (non-hydrogen) atoms. The van der Waals surface area contributed by atoms with Crippen molar-refractivity contribution in [2.24, 2.45) is 0 Å². The third-order valence-electron chi connectivity index (χ3n) is 3.75. The summed E-state index contributed by atoms with van der Waals surface area (Å²) < 4.78 is 0. The molecule has 1 aliphatic carbocycles. The Bertz CT molecular complexity index is 295. The Kier molecular flexibility index (Phi) is 5.44. The maximum atomic E-state index is 11.9. The second kappa shape index (κ2) is 6.61. The number of rotatable bonds is 6. The topological polar surface area (TPSA) is 78.4 Å². The molecule has 104 valence electrons. The predicted molar refractivity (Wildman–Crippen MR) is 69.5 cm³/mol. The molecule has 3 N–H and O–H groups in total. The first kappa shape index (κ1) is 14.8. The maximum absolute atomic E-state index is 11.9. The highest BCUT2D eigenvalue weighted by Gasteiger charge is 2.37. The van der Waals surface area contributed by atoms with Crippen molar-refractivity contribution in [3.8, 4) is 0 Å². The van der Waals surface area contributed by atoms with E-state index in [1.165, 1.54) is 0 Å². The molecule has 1 fully saturated rings. The minimum absolute atomic E-state index is 0.0172. The monoisotopic (exact) mass is 256 g/mol. The Morgan fingerprint density at radius 2 is 1.78 bits per heavy atom. The summed E-state index contributed by atoms with van der Waals surface area (Å²) in [5, 5.41) is 14.7. The Hall–Kier alpha value is -1.26. The van der Waals surface area contributed by atoms with E-state index in [-0.39, 0.29) is 18.5 Å². The van der Waals surface area contributed by atoms with E-state index < -0.39 is 11.5 Å². The summed E-state index contributed by atoms with van der Waals surface area (Å²) in [4.78, 5) is 22.8. The van der Waals surface area contributed by atoms with Gasteiger partial charge in [-0.3, -0.25) is 4.79 Å². The van der Waals surface area contributed by atoms with Gasteiger partial charge in [0.2, 0.25) is 0 Å².